The summed E-state index contributed by atoms with van der Waals surface area (Å²) in [4.78, 5) is 13.6. The molecule has 0 aliphatic rings. The molecule has 0 spiro atoms. The summed E-state index contributed by atoms with van der Waals surface area (Å²) < 4.78 is 5.25. The van der Waals surface area contributed by atoms with E-state index in [1.165, 1.54) is 0 Å². The number of carbonyl (C=O) groups excluding carboxylic acids is 1. The molecule has 0 aromatic carbocycles. The molecule has 0 fully saturated rings. The molecular weight excluding hydrogens is 218 g/mol. The molecule has 0 saturated heterocycles. The van der Waals surface area contributed by atoms with Crippen LogP contribution in [0.25, 0.3) is 0 Å². The van der Waals surface area contributed by atoms with Crippen molar-refractivity contribution in [2.24, 2.45) is 0 Å². The van der Waals surface area contributed by atoms with Gasteiger partial charge in [-0.05, 0) is 27.7 Å². The molecule has 0 aromatic rings. The highest BCUT2D eigenvalue weighted by atomic mass is 28.1. The van der Waals surface area contributed by atoms with Crippen molar-refractivity contribution in [3.63, 3.8) is 0 Å². The van der Waals surface area contributed by atoms with Gasteiger partial charge in [0.05, 0.1) is 10.2 Å². The van der Waals surface area contributed by atoms with E-state index < -0.39 is 0 Å². The fourth-order valence-corrected chi connectivity index (χ4v) is 1.63. The summed E-state index contributed by atoms with van der Waals surface area (Å²) in [7, 11) is 3.21. The van der Waals surface area contributed by atoms with Crippen molar-refractivity contribution in [1.82, 2.24) is 4.90 Å². The van der Waals surface area contributed by atoms with Crippen molar-refractivity contribution in [2.75, 3.05) is 0 Å². The summed E-state index contributed by atoms with van der Waals surface area (Å²) >= 11 is 0. The molecule has 89 valence electrons. The highest BCUT2D eigenvalue weighted by Gasteiger charge is 2.22. The van der Waals surface area contributed by atoms with Crippen LogP contribution >= 0.6 is 0 Å². The maximum Gasteiger partial charge on any atom is 0.415 e. The summed E-state index contributed by atoms with van der Waals surface area (Å²) in [6, 6.07) is 0.236. The maximum absolute atomic E-state index is 11.9. The molecule has 16 heavy (non-hydrogen) atoms. The number of ether oxygens (including phenoxy) is 1. The Morgan fingerprint density at radius 2 is 1.88 bits per heavy atom. The van der Waals surface area contributed by atoms with Crippen molar-refractivity contribution in [1.29, 1.82) is 0 Å². The minimum absolute atomic E-state index is 0.118. The van der Waals surface area contributed by atoms with Crippen LogP contribution in [0.3, 0.4) is 0 Å². The Bertz CT molecular complexity index is 264. The lowest BCUT2D eigenvalue weighted by molar-refractivity contribution is 0.100. The van der Waals surface area contributed by atoms with Gasteiger partial charge in [-0.25, -0.2) is 4.79 Å². The van der Waals surface area contributed by atoms with Gasteiger partial charge in [-0.2, -0.15) is 0 Å². The molecule has 0 aromatic heterocycles. The summed E-state index contributed by atoms with van der Waals surface area (Å²) in [5.74, 6) is 0.558. The van der Waals surface area contributed by atoms with Gasteiger partial charge in [-0.15, -0.1) is 6.58 Å². The van der Waals surface area contributed by atoms with Gasteiger partial charge >= 0.3 is 6.09 Å². The van der Waals surface area contributed by atoms with Crippen LogP contribution in [0.2, 0.25) is 0 Å². The Balaban J connectivity index is 4.58. The van der Waals surface area contributed by atoms with Gasteiger partial charge in [0.1, 0.15) is 5.76 Å². The van der Waals surface area contributed by atoms with E-state index in [0.717, 1.165) is 0 Å². The molecule has 3 radical (unpaired) electrons. The molecule has 0 saturated carbocycles. The smallest absolute Gasteiger partial charge is 0.415 e. The minimum Gasteiger partial charge on any atom is -0.415 e. The van der Waals surface area contributed by atoms with Crippen LogP contribution in [0, 0.1) is 0 Å². The third-order valence-corrected chi connectivity index (χ3v) is 2.37. The predicted octanol–water partition coefficient (Wildman–Crippen LogP) is 2.83. The first-order valence-electron chi connectivity index (χ1n) is 5.41. The van der Waals surface area contributed by atoms with Gasteiger partial charge in [0, 0.05) is 18.5 Å². The molecule has 0 N–H and O–H groups in total. The fraction of sp³-hybridized carbons (Fsp3) is 0.583. The SMILES string of the molecule is C=CC/C(=C\[Si])OC(=O)N(C(C)C)C(C)C. The Morgan fingerprint density at radius 1 is 1.38 bits per heavy atom. The lowest BCUT2D eigenvalue weighted by atomic mass is 10.2. The number of carbonyl (C=O) groups is 1. The summed E-state index contributed by atoms with van der Waals surface area (Å²) in [5.41, 5.74) is 1.60. The highest BCUT2D eigenvalue weighted by molar-refractivity contribution is 6.17. The zero-order valence-electron chi connectivity index (χ0n) is 10.5. The number of hydrogen-bond acceptors (Lipinski definition) is 2. The van der Waals surface area contributed by atoms with Crippen molar-refractivity contribution >= 4 is 16.3 Å². The molecule has 1 amide bonds. The van der Waals surface area contributed by atoms with Gasteiger partial charge in [0.2, 0.25) is 0 Å². The third kappa shape index (κ3) is 4.66. The molecule has 0 bridgehead atoms. The van der Waals surface area contributed by atoms with Gasteiger partial charge in [-0.1, -0.05) is 11.8 Å². The second-order valence-corrected chi connectivity index (χ2v) is 4.35. The molecule has 0 atom stereocenters. The van der Waals surface area contributed by atoms with E-state index in [-0.39, 0.29) is 18.2 Å². The monoisotopic (exact) mass is 238 g/mol. The first-order valence-corrected chi connectivity index (χ1v) is 5.99. The van der Waals surface area contributed by atoms with Crippen LogP contribution in [-0.4, -0.2) is 33.3 Å². The average Bonchev–Trinajstić information content (AvgIpc) is 2.15. The molecule has 0 heterocycles. The molecule has 0 aliphatic heterocycles. The number of allylic oxidation sites excluding steroid dienone is 1. The van der Waals surface area contributed by atoms with E-state index in [9.17, 15) is 4.79 Å². The third-order valence-electron chi connectivity index (χ3n) is 2.05. The number of nitrogens with zero attached hydrogens (tertiary/aromatic N) is 1. The quantitative estimate of drug-likeness (QED) is 0.419. The van der Waals surface area contributed by atoms with Crippen LogP contribution in [0.15, 0.2) is 24.1 Å². The lowest BCUT2D eigenvalue weighted by Gasteiger charge is -2.29. The van der Waals surface area contributed by atoms with Gasteiger partial charge in [-0.3, -0.25) is 0 Å². The fourth-order valence-electron chi connectivity index (χ4n) is 1.46. The zero-order chi connectivity index (χ0) is 12.7. The Kier molecular flexibility index (Phi) is 6.81. The van der Waals surface area contributed by atoms with Crippen LogP contribution in [0.5, 0.6) is 0 Å². The van der Waals surface area contributed by atoms with Crippen LogP contribution in [0.1, 0.15) is 34.1 Å². The van der Waals surface area contributed by atoms with Gasteiger partial charge in [0.25, 0.3) is 0 Å². The average molecular weight is 238 g/mol. The first-order chi connectivity index (χ1) is 7.43. The van der Waals surface area contributed by atoms with Gasteiger partial charge < -0.3 is 9.64 Å². The largest absolute Gasteiger partial charge is 0.415 e. The summed E-state index contributed by atoms with van der Waals surface area (Å²) in [5, 5.41) is 0. The maximum atomic E-state index is 11.9. The summed E-state index contributed by atoms with van der Waals surface area (Å²) in [6.07, 6.45) is 1.89. The second kappa shape index (κ2) is 7.27. The standard InChI is InChI=1S/C12H20NO2Si/c1-6-7-11(8-16)15-12(14)13(9(2)3)10(4)5/h6,8-10H,1,7H2,2-5H3/b11-8+. The number of rotatable bonds is 5. The second-order valence-electron chi connectivity index (χ2n) is 4.07. The number of amides is 1. The molecule has 4 heteroatoms. The first kappa shape index (κ1) is 15.0. The highest BCUT2D eigenvalue weighted by Crippen LogP contribution is 2.12. The van der Waals surface area contributed by atoms with Crippen LogP contribution in [-0.2, 0) is 4.74 Å². The topological polar surface area (TPSA) is 29.5 Å². The molecule has 0 aliphatic carbocycles. The minimum atomic E-state index is -0.323. The van der Waals surface area contributed by atoms with Crippen molar-refractivity contribution in [3.05, 3.63) is 24.1 Å². The molecular formula is C12H20NO2Si. The summed E-state index contributed by atoms with van der Waals surface area (Å²) in [6.45, 7) is 11.5. The number of hydrogen-bond donors (Lipinski definition) is 0. The van der Waals surface area contributed by atoms with E-state index in [1.54, 1.807) is 16.7 Å². The molecule has 3 nitrogen and oxygen atoms in total. The van der Waals surface area contributed by atoms with Crippen LogP contribution in [0.4, 0.5) is 4.79 Å². The van der Waals surface area contributed by atoms with Crippen molar-refractivity contribution in [3.8, 4) is 0 Å². The Morgan fingerprint density at radius 3 is 2.19 bits per heavy atom. The lowest BCUT2D eigenvalue weighted by Crippen LogP contribution is -2.42. The van der Waals surface area contributed by atoms with E-state index >= 15 is 0 Å². The Hall–Kier alpha value is -1.03. The van der Waals surface area contributed by atoms with Gasteiger partial charge in [0.15, 0.2) is 0 Å². The molecule has 0 rings (SSSR count). The predicted molar refractivity (Wildman–Crippen MR) is 67.2 cm³/mol. The van der Waals surface area contributed by atoms with E-state index in [4.69, 9.17) is 4.74 Å². The van der Waals surface area contributed by atoms with E-state index in [2.05, 4.69) is 16.8 Å². The van der Waals surface area contributed by atoms with E-state index in [1.807, 2.05) is 27.7 Å². The molecule has 0 unspecified atom stereocenters. The zero-order valence-corrected chi connectivity index (χ0v) is 11.5. The van der Waals surface area contributed by atoms with Crippen molar-refractivity contribution in [2.45, 2.75) is 46.2 Å². The normalized spacial score (nSPS) is 11.8. The van der Waals surface area contributed by atoms with Crippen molar-refractivity contribution < 1.29 is 9.53 Å². The van der Waals surface area contributed by atoms with E-state index in [0.29, 0.717) is 12.2 Å². The van der Waals surface area contributed by atoms with Crippen LogP contribution < -0.4 is 0 Å². The Labute approximate surface area is 102 Å².